The van der Waals surface area contributed by atoms with Gasteiger partial charge in [0.25, 0.3) is 0 Å². The van der Waals surface area contributed by atoms with Crippen LogP contribution in [0.1, 0.15) is 50.2 Å². The van der Waals surface area contributed by atoms with E-state index in [9.17, 15) is 9.90 Å². The Labute approximate surface area is 114 Å². The van der Waals surface area contributed by atoms with E-state index in [-0.39, 0.29) is 5.91 Å². The summed E-state index contributed by atoms with van der Waals surface area (Å²) in [4.78, 5) is 14.3. The smallest absolute Gasteiger partial charge is 0.227 e. The lowest BCUT2D eigenvalue weighted by atomic mass is 9.97. The van der Waals surface area contributed by atoms with Crippen LogP contribution in [0.2, 0.25) is 0 Å². The standard InChI is InChI=1S/C16H21NO2/c18-15-9-10-17(14-8-4-3-7-13(14)15)16(19)11-12-5-1-2-6-12/h3-4,7-8,12,15,18H,1-2,5-6,9-11H2. The minimum atomic E-state index is -0.424. The van der Waals surface area contributed by atoms with E-state index < -0.39 is 6.10 Å². The molecule has 0 saturated heterocycles. The molecule has 1 aromatic rings. The fourth-order valence-electron chi connectivity index (χ4n) is 3.37. The number of aliphatic hydroxyl groups is 1. The van der Waals surface area contributed by atoms with Crippen LogP contribution < -0.4 is 4.90 Å². The van der Waals surface area contributed by atoms with Crippen LogP contribution in [0.5, 0.6) is 0 Å². The Hall–Kier alpha value is -1.35. The van der Waals surface area contributed by atoms with Crippen LogP contribution in [0.15, 0.2) is 24.3 Å². The third-order valence-electron chi connectivity index (χ3n) is 4.45. The second kappa shape index (κ2) is 5.33. The molecule has 1 saturated carbocycles. The molecular formula is C16H21NO2. The largest absolute Gasteiger partial charge is 0.388 e. The van der Waals surface area contributed by atoms with Crippen LogP contribution in [0.3, 0.4) is 0 Å². The minimum Gasteiger partial charge on any atom is -0.388 e. The predicted molar refractivity (Wildman–Crippen MR) is 74.9 cm³/mol. The molecule has 102 valence electrons. The maximum atomic E-state index is 12.5. The highest BCUT2D eigenvalue weighted by Gasteiger charge is 2.29. The van der Waals surface area contributed by atoms with Gasteiger partial charge in [-0.1, -0.05) is 31.0 Å². The highest BCUT2D eigenvalue weighted by molar-refractivity contribution is 5.94. The average molecular weight is 259 g/mol. The highest BCUT2D eigenvalue weighted by Crippen LogP contribution is 2.35. The number of aliphatic hydroxyl groups excluding tert-OH is 1. The molecule has 1 atom stereocenters. The number of para-hydroxylation sites is 1. The van der Waals surface area contributed by atoms with Gasteiger partial charge in [0.15, 0.2) is 0 Å². The van der Waals surface area contributed by atoms with Gasteiger partial charge in [-0.05, 0) is 31.2 Å². The van der Waals surface area contributed by atoms with Crippen molar-refractivity contribution in [2.45, 2.75) is 44.6 Å². The number of fused-ring (bicyclic) bond motifs is 1. The molecule has 0 radical (unpaired) electrons. The summed E-state index contributed by atoms with van der Waals surface area (Å²) in [6.07, 6.45) is 5.83. The van der Waals surface area contributed by atoms with Crippen LogP contribution in [-0.2, 0) is 4.79 Å². The summed E-state index contributed by atoms with van der Waals surface area (Å²) in [5.74, 6) is 0.803. The molecule has 1 N–H and O–H groups in total. The third-order valence-corrected chi connectivity index (χ3v) is 4.45. The summed E-state index contributed by atoms with van der Waals surface area (Å²) in [5.41, 5.74) is 1.80. The number of nitrogens with zero attached hydrogens (tertiary/aromatic N) is 1. The first kappa shape index (κ1) is 12.7. The maximum Gasteiger partial charge on any atom is 0.227 e. The third kappa shape index (κ3) is 2.52. The molecule has 1 heterocycles. The van der Waals surface area contributed by atoms with Gasteiger partial charge in [0, 0.05) is 24.2 Å². The Morgan fingerprint density at radius 2 is 1.95 bits per heavy atom. The molecule has 3 rings (SSSR count). The number of rotatable bonds is 2. The second-order valence-corrected chi connectivity index (χ2v) is 5.76. The van der Waals surface area contributed by atoms with E-state index in [1.54, 1.807) is 0 Å². The minimum absolute atomic E-state index is 0.228. The Balaban J connectivity index is 1.77. The van der Waals surface area contributed by atoms with Gasteiger partial charge in [-0.2, -0.15) is 0 Å². The molecule has 1 aliphatic heterocycles. The molecule has 3 nitrogen and oxygen atoms in total. The summed E-state index contributed by atoms with van der Waals surface area (Å²) in [7, 11) is 0. The normalized spacial score (nSPS) is 23.4. The van der Waals surface area contributed by atoms with Crippen molar-refractivity contribution in [2.75, 3.05) is 11.4 Å². The van der Waals surface area contributed by atoms with Gasteiger partial charge in [0.05, 0.1) is 6.10 Å². The summed E-state index contributed by atoms with van der Waals surface area (Å²) in [5, 5.41) is 10.0. The fourth-order valence-corrected chi connectivity index (χ4v) is 3.37. The van der Waals surface area contributed by atoms with E-state index >= 15 is 0 Å². The lowest BCUT2D eigenvalue weighted by Gasteiger charge is -2.32. The Morgan fingerprint density at radius 3 is 2.74 bits per heavy atom. The first-order valence-corrected chi connectivity index (χ1v) is 7.33. The molecule has 1 fully saturated rings. The van der Waals surface area contributed by atoms with Crippen molar-refractivity contribution in [3.63, 3.8) is 0 Å². The second-order valence-electron chi connectivity index (χ2n) is 5.76. The SMILES string of the molecule is O=C(CC1CCCC1)N1CCC(O)c2ccccc21. The summed E-state index contributed by atoms with van der Waals surface area (Å²) in [6, 6.07) is 7.74. The molecule has 3 heteroatoms. The highest BCUT2D eigenvalue weighted by atomic mass is 16.3. The lowest BCUT2D eigenvalue weighted by Crippen LogP contribution is -2.37. The van der Waals surface area contributed by atoms with Gasteiger partial charge in [-0.25, -0.2) is 0 Å². The molecule has 1 aromatic carbocycles. The number of benzene rings is 1. The average Bonchev–Trinajstić information content (AvgIpc) is 2.92. The number of anilines is 1. The van der Waals surface area contributed by atoms with Crippen molar-refractivity contribution in [3.8, 4) is 0 Å². The van der Waals surface area contributed by atoms with Gasteiger partial charge in [0.2, 0.25) is 5.91 Å². The summed E-state index contributed by atoms with van der Waals surface area (Å²) in [6.45, 7) is 0.643. The van der Waals surface area contributed by atoms with E-state index in [0.29, 0.717) is 25.3 Å². The van der Waals surface area contributed by atoms with Crippen molar-refractivity contribution in [2.24, 2.45) is 5.92 Å². The lowest BCUT2D eigenvalue weighted by molar-refractivity contribution is -0.119. The Morgan fingerprint density at radius 1 is 1.21 bits per heavy atom. The zero-order valence-corrected chi connectivity index (χ0v) is 11.2. The summed E-state index contributed by atoms with van der Waals surface area (Å²) >= 11 is 0. The van der Waals surface area contributed by atoms with Crippen LogP contribution in [-0.4, -0.2) is 17.6 Å². The van der Waals surface area contributed by atoms with E-state index in [0.717, 1.165) is 11.3 Å². The number of hydrogen-bond acceptors (Lipinski definition) is 2. The van der Waals surface area contributed by atoms with E-state index in [1.165, 1.54) is 25.7 Å². The molecule has 1 amide bonds. The van der Waals surface area contributed by atoms with Gasteiger partial charge < -0.3 is 10.0 Å². The van der Waals surface area contributed by atoms with Crippen LogP contribution in [0.25, 0.3) is 0 Å². The Kier molecular flexibility index (Phi) is 3.56. The van der Waals surface area contributed by atoms with Gasteiger partial charge in [0.1, 0.15) is 0 Å². The van der Waals surface area contributed by atoms with E-state index in [1.807, 2.05) is 29.2 Å². The van der Waals surface area contributed by atoms with Crippen LogP contribution >= 0.6 is 0 Å². The van der Waals surface area contributed by atoms with E-state index in [2.05, 4.69) is 0 Å². The molecule has 1 aliphatic carbocycles. The predicted octanol–water partition coefficient (Wildman–Crippen LogP) is 3.04. The Bertz CT molecular complexity index is 466. The number of hydrogen-bond donors (Lipinski definition) is 1. The van der Waals surface area contributed by atoms with Crippen molar-refractivity contribution in [3.05, 3.63) is 29.8 Å². The molecule has 0 aromatic heterocycles. The maximum absolute atomic E-state index is 12.5. The fraction of sp³-hybridized carbons (Fsp3) is 0.562. The molecule has 0 spiro atoms. The van der Waals surface area contributed by atoms with Crippen molar-refractivity contribution in [1.82, 2.24) is 0 Å². The molecule has 0 bridgehead atoms. The number of amides is 1. The monoisotopic (exact) mass is 259 g/mol. The molecular weight excluding hydrogens is 238 g/mol. The first-order chi connectivity index (χ1) is 9.25. The topological polar surface area (TPSA) is 40.5 Å². The quantitative estimate of drug-likeness (QED) is 0.886. The van der Waals surface area contributed by atoms with Gasteiger partial charge >= 0.3 is 0 Å². The van der Waals surface area contributed by atoms with Gasteiger partial charge in [-0.15, -0.1) is 0 Å². The number of carbonyl (C=O) groups is 1. The van der Waals surface area contributed by atoms with Crippen LogP contribution in [0, 0.1) is 5.92 Å². The van der Waals surface area contributed by atoms with Crippen molar-refractivity contribution in [1.29, 1.82) is 0 Å². The molecule has 1 unspecified atom stereocenters. The first-order valence-electron chi connectivity index (χ1n) is 7.33. The molecule has 2 aliphatic rings. The van der Waals surface area contributed by atoms with Crippen LogP contribution in [0.4, 0.5) is 5.69 Å². The van der Waals surface area contributed by atoms with Gasteiger partial charge in [-0.3, -0.25) is 4.79 Å². The van der Waals surface area contributed by atoms with Crippen molar-refractivity contribution < 1.29 is 9.90 Å². The molecule has 19 heavy (non-hydrogen) atoms. The number of carbonyl (C=O) groups excluding carboxylic acids is 1. The van der Waals surface area contributed by atoms with E-state index in [4.69, 9.17) is 0 Å². The zero-order valence-electron chi connectivity index (χ0n) is 11.2. The zero-order chi connectivity index (χ0) is 13.2. The van der Waals surface area contributed by atoms with Crippen molar-refractivity contribution >= 4 is 11.6 Å². The summed E-state index contributed by atoms with van der Waals surface area (Å²) < 4.78 is 0.